The highest BCUT2D eigenvalue weighted by molar-refractivity contribution is 7.80. The molecule has 0 spiro atoms. The summed E-state index contributed by atoms with van der Waals surface area (Å²) in [6.07, 6.45) is -4.85. The average Bonchev–Trinajstić information content (AvgIpc) is 2.65. The van der Waals surface area contributed by atoms with Gasteiger partial charge < -0.3 is 51.7 Å². The Balaban J connectivity index is 0.000000540. The van der Waals surface area contributed by atoms with Crippen molar-refractivity contribution in [2.24, 2.45) is 5.73 Å². The topological polar surface area (TPSA) is 215 Å². The standard InChI is InChI=1S/C8H16N2O4S2.C6H13NO5/c11-7(12)5(3-15)9-1-2-10-6(4-16)8(13)14;7-3-5(10)4(9)2(1-8)12-6(3)11/h5-6,9-10,15-16H,1-4H2,(H,11,12)(H,13,14);2-6,8-11H,1,7H2/t5-,6-;2-,3-,4-,5-,6?/m01/s1. The first kappa shape index (κ1) is 27.3. The lowest BCUT2D eigenvalue weighted by Gasteiger charge is -2.38. The predicted molar refractivity (Wildman–Crippen MR) is 105 cm³/mol. The molecule has 0 amide bonds. The zero-order valence-electron chi connectivity index (χ0n) is 15.0. The number of carbonyl (C=O) groups is 2. The van der Waals surface area contributed by atoms with Crippen molar-refractivity contribution in [3.63, 3.8) is 0 Å². The molecular weight excluding hydrogens is 418 g/mol. The Morgan fingerprint density at radius 3 is 1.71 bits per heavy atom. The predicted octanol–water partition coefficient (Wildman–Crippen LogP) is -4.32. The van der Waals surface area contributed by atoms with Gasteiger partial charge in [-0.1, -0.05) is 0 Å². The van der Waals surface area contributed by atoms with E-state index in [0.717, 1.165) is 0 Å². The summed E-state index contributed by atoms with van der Waals surface area (Å²) in [4.78, 5) is 21.2. The van der Waals surface area contributed by atoms with Crippen molar-refractivity contribution < 1.29 is 45.0 Å². The molecule has 7 atom stereocenters. The van der Waals surface area contributed by atoms with E-state index in [1.54, 1.807) is 0 Å². The van der Waals surface area contributed by atoms with Crippen LogP contribution in [-0.2, 0) is 14.3 Å². The van der Waals surface area contributed by atoms with E-state index in [2.05, 4.69) is 35.9 Å². The number of aliphatic hydroxyl groups excluding tert-OH is 4. The number of hydrogen-bond acceptors (Lipinski definition) is 12. The number of aliphatic carboxylic acids is 2. The monoisotopic (exact) mass is 447 g/mol. The second-order valence-corrected chi connectivity index (χ2v) is 6.59. The quantitative estimate of drug-likeness (QED) is 0.113. The van der Waals surface area contributed by atoms with E-state index in [1.165, 1.54) is 0 Å². The van der Waals surface area contributed by atoms with Crippen LogP contribution in [-0.4, -0.2) is 117 Å². The third kappa shape index (κ3) is 9.21. The van der Waals surface area contributed by atoms with Gasteiger partial charge >= 0.3 is 11.9 Å². The number of carboxylic acids is 2. The number of thiol groups is 2. The normalized spacial score (nSPS) is 29.3. The summed E-state index contributed by atoms with van der Waals surface area (Å²) in [5.74, 6) is -1.58. The van der Waals surface area contributed by atoms with Crippen LogP contribution in [0.1, 0.15) is 0 Å². The van der Waals surface area contributed by atoms with Gasteiger partial charge in [-0.25, -0.2) is 0 Å². The van der Waals surface area contributed by atoms with Crippen LogP contribution in [0.3, 0.4) is 0 Å². The van der Waals surface area contributed by atoms with Crippen LogP contribution < -0.4 is 16.4 Å². The van der Waals surface area contributed by atoms with Crippen molar-refractivity contribution in [1.29, 1.82) is 0 Å². The summed E-state index contributed by atoms with van der Waals surface area (Å²) in [6, 6.07) is -2.48. The largest absolute Gasteiger partial charge is 0.480 e. The first-order valence-electron chi connectivity index (χ1n) is 8.30. The van der Waals surface area contributed by atoms with E-state index in [4.69, 9.17) is 30.9 Å². The van der Waals surface area contributed by atoms with Crippen LogP contribution in [0, 0.1) is 0 Å². The molecule has 0 aromatic carbocycles. The Bertz CT molecular complexity index is 449. The maximum atomic E-state index is 10.6. The van der Waals surface area contributed by atoms with Gasteiger partial charge in [0.2, 0.25) is 0 Å². The molecule has 1 saturated heterocycles. The van der Waals surface area contributed by atoms with Crippen molar-refractivity contribution in [2.75, 3.05) is 31.2 Å². The molecule has 1 rings (SSSR count). The molecule has 1 aliphatic rings. The van der Waals surface area contributed by atoms with Gasteiger partial charge in [0.25, 0.3) is 0 Å². The summed E-state index contributed by atoms with van der Waals surface area (Å²) >= 11 is 7.76. The molecule has 0 aliphatic carbocycles. The minimum Gasteiger partial charge on any atom is -0.480 e. The Labute approximate surface area is 172 Å². The van der Waals surface area contributed by atoms with Gasteiger partial charge in [0.15, 0.2) is 6.29 Å². The minimum atomic E-state index is -1.35. The molecule has 1 fully saturated rings. The fourth-order valence-electron chi connectivity index (χ4n) is 2.07. The molecular formula is C14H29N3O9S2. The van der Waals surface area contributed by atoms with Crippen molar-refractivity contribution >= 4 is 37.2 Å². The van der Waals surface area contributed by atoms with Crippen LogP contribution in [0.5, 0.6) is 0 Å². The molecule has 0 bridgehead atoms. The minimum absolute atomic E-state index is 0.185. The van der Waals surface area contributed by atoms with E-state index >= 15 is 0 Å². The molecule has 1 aliphatic heterocycles. The first-order chi connectivity index (χ1) is 13.1. The van der Waals surface area contributed by atoms with Gasteiger partial charge in [-0.3, -0.25) is 9.59 Å². The average molecular weight is 448 g/mol. The van der Waals surface area contributed by atoms with E-state index in [9.17, 15) is 19.8 Å². The molecule has 12 nitrogen and oxygen atoms in total. The molecule has 28 heavy (non-hydrogen) atoms. The third-order valence-electron chi connectivity index (χ3n) is 3.82. The number of rotatable bonds is 10. The fourth-order valence-corrected chi connectivity index (χ4v) is 2.64. The van der Waals surface area contributed by atoms with Crippen LogP contribution in [0.4, 0.5) is 0 Å². The number of nitrogens with one attached hydrogen (secondary N) is 2. The van der Waals surface area contributed by atoms with E-state index in [-0.39, 0.29) is 11.5 Å². The Morgan fingerprint density at radius 1 is 0.964 bits per heavy atom. The first-order valence-corrected chi connectivity index (χ1v) is 9.57. The maximum Gasteiger partial charge on any atom is 0.321 e. The lowest BCUT2D eigenvalue weighted by molar-refractivity contribution is -0.248. The highest BCUT2D eigenvalue weighted by atomic mass is 32.1. The van der Waals surface area contributed by atoms with Gasteiger partial charge in [-0.05, 0) is 0 Å². The molecule has 0 radical (unpaired) electrons. The lowest BCUT2D eigenvalue weighted by Crippen LogP contribution is -2.61. The zero-order chi connectivity index (χ0) is 21.9. The molecule has 1 heterocycles. The van der Waals surface area contributed by atoms with Gasteiger partial charge in [-0.15, -0.1) is 0 Å². The van der Waals surface area contributed by atoms with Crippen molar-refractivity contribution in [1.82, 2.24) is 10.6 Å². The van der Waals surface area contributed by atoms with Gasteiger partial charge in [0, 0.05) is 24.6 Å². The molecule has 1 unspecified atom stereocenters. The van der Waals surface area contributed by atoms with Gasteiger partial charge in [-0.2, -0.15) is 25.3 Å². The smallest absolute Gasteiger partial charge is 0.321 e. The van der Waals surface area contributed by atoms with Gasteiger partial charge in [0.05, 0.1) is 12.6 Å². The summed E-state index contributed by atoms with van der Waals surface area (Å²) in [5.41, 5.74) is 5.26. The Kier molecular flexibility index (Phi) is 14.0. The summed E-state index contributed by atoms with van der Waals surface area (Å²) < 4.78 is 4.70. The van der Waals surface area contributed by atoms with E-state index < -0.39 is 61.3 Å². The second-order valence-electron chi connectivity index (χ2n) is 5.86. The number of carboxylic acid groups (broad SMARTS) is 2. The lowest BCUT2D eigenvalue weighted by atomic mass is 9.98. The van der Waals surface area contributed by atoms with Crippen LogP contribution in [0.15, 0.2) is 0 Å². The molecule has 14 heteroatoms. The van der Waals surface area contributed by atoms with Crippen molar-refractivity contribution in [3.8, 4) is 0 Å². The highest BCUT2D eigenvalue weighted by Crippen LogP contribution is 2.17. The number of ether oxygens (including phenoxy) is 1. The van der Waals surface area contributed by atoms with Crippen LogP contribution >= 0.6 is 25.3 Å². The fraction of sp³-hybridized carbons (Fsp3) is 0.857. The summed E-state index contributed by atoms with van der Waals surface area (Å²) in [5, 5.41) is 58.9. The van der Waals surface area contributed by atoms with Crippen LogP contribution in [0.25, 0.3) is 0 Å². The highest BCUT2D eigenvalue weighted by Gasteiger charge is 2.41. The molecule has 10 N–H and O–H groups in total. The van der Waals surface area contributed by atoms with Crippen molar-refractivity contribution in [3.05, 3.63) is 0 Å². The molecule has 0 saturated carbocycles. The number of hydrogen-bond donors (Lipinski definition) is 11. The third-order valence-corrected chi connectivity index (χ3v) is 4.55. The van der Waals surface area contributed by atoms with Crippen LogP contribution in [0.2, 0.25) is 0 Å². The maximum absolute atomic E-state index is 10.6. The Hall–Kier alpha value is -0.680. The second kappa shape index (κ2) is 14.3. The summed E-state index contributed by atoms with van der Waals surface area (Å²) in [6.45, 7) is 0.242. The van der Waals surface area contributed by atoms with E-state index in [1.807, 2.05) is 0 Å². The number of nitrogens with two attached hydrogens (primary N) is 1. The van der Waals surface area contributed by atoms with Gasteiger partial charge in [0.1, 0.15) is 30.4 Å². The van der Waals surface area contributed by atoms with Crippen molar-refractivity contribution in [2.45, 2.75) is 42.7 Å². The van der Waals surface area contributed by atoms with E-state index in [0.29, 0.717) is 13.1 Å². The zero-order valence-corrected chi connectivity index (χ0v) is 16.7. The molecule has 0 aromatic heterocycles. The Morgan fingerprint density at radius 2 is 1.39 bits per heavy atom. The number of aliphatic hydroxyl groups is 4. The molecule has 166 valence electrons. The SMILES string of the molecule is N[C@H]1C(O)O[C@H](CO)[C@@H](O)[C@@H]1O.O=C(O)[C@H](CS)NCCN[C@@H](CS)C(=O)O. The molecule has 0 aromatic rings. The summed E-state index contributed by atoms with van der Waals surface area (Å²) in [7, 11) is 0.